The Kier molecular flexibility index (Phi) is 5.07. The van der Waals surface area contributed by atoms with Gasteiger partial charge in [-0.15, -0.1) is 0 Å². The highest BCUT2D eigenvalue weighted by Crippen LogP contribution is 2.39. The number of nitrogens with two attached hydrogens (primary N) is 1. The van der Waals surface area contributed by atoms with Crippen molar-refractivity contribution in [2.75, 3.05) is 10.6 Å². The van der Waals surface area contributed by atoms with Gasteiger partial charge in [0.15, 0.2) is 0 Å². The molecule has 2 atom stereocenters. The molecule has 1 saturated carbocycles. The number of nitrogens with zero attached hydrogens (tertiary/aromatic N) is 2. The summed E-state index contributed by atoms with van der Waals surface area (Å²) in [6.07, 6.45) is 7.90. The lowest BCUT2D eigenvalue weighted by Crippen LogP contribution is -2.42. The average molecular weight is 418 g/mol. The maximum atomic E-state index is 12.8. The fourth-order valence-electron chi connectivity index (χ4n) is 4.58. The molecule has 5 rings (SSSR count). The van der Waals surface area contributed by atoms with Crippen LogP contribution in [0.1, 0.15) is 47.2 Å². The highest BCUT2D eigenvalue weighted by Gasteiger charge is 2.32. The molecule has 0 unspecified atom stereocenters. The van der Waals surface area contributed by atoms with Crippen LogP contribution in [0.5, 0.6) is 0 Å². The fraction of sp³-hybridized carbons (Fsp3) is 0.348. The number of benzene rings is 1. The van der Waals surface area contributed by atoms with Crippen LogP contribution in [0.25, 0.3) is 11.1 Å². The van der Waals surface area contributed by atoms with Crippen molar-refractivity contribution in [3.05, 3.63) is 53.3 Å². The largest absolute Gasteiger partial charge is 0.365 e. The van der Waals surface area contributed by atoms with Gasteiger partial charge in [-0.25, -0.2) is 4.98 Å². The number of anilines is 3. The third kappa shape index (κ3) is 3.74. The first-order valence-corrected chi connectivity index (χ1v) is 10.8. The van der Waals surface area contributed by atoms with E-state index in [1.807, 2.05) is 37.4 Å². The number of amides is 1. The fourth-order valence-corrected chi connectivity index (χ4v) is 4.58. The molecule has 8 nitrogen and oxygen atoms in total. The quantitative estimate of drug-likeness (QED) is 0.434. The van der Waals surface area contributed by atoms with Crippen molar-refractivity contribution in [2.45, 2.75) is 51.2 Å². The molecule has 160 valence electrons. The van der Waals surface area contributed by atoms with E-state index in [0.717, 1.165) is 59.4 Å². The standard InChI is InChI=1S/C23H27N7O/c1-13-5-4-6-15(9-13)28-22-20-16(12-25-23(20)31)19(14-10-26-27-11-14)21(30-22)29-18-8-3-2-7-17(18)24/h4-6,9-11,17-18H,2-3,7-8,12,24H2,1H3,(H,25,31)(H,26,27)(H2,28,29,30)/t17-,18+/m0/s1. The summed E-state index contributed by atoms with van der Waals surface area (Å²) in [6.45, 7) is 2.49. The summed E-state index contributed by atoms with van der Waals surface area (Å²) in [5, 5.41) is 16.9. The minimum absolute atomic E-state index is 0.0777. The van der Waals surface area contributed by atoms with E-state index in [-0.39, 0.29) is 18.0 Å². The van der Waals surface area contributed by atoms with Crippen LogP contribution in [-0.4, -0.2) is 33.2 Å². The number of hydrogen-bond acceptors (Lipinski definition) is 6. The minimum Gasteiger partial charge on any atom is -0.365 e. The van der Waals surface area contributed by atoms with Crippen molar-refractivity contribution in [3.63, 3.8) is 0 Å². The zero-order valence-corrected chi connectivity index (χ0v) is 17.5. The Hall–Kier alpha value is -3.39. The second-order valence-corrected chi connectivity index (χ2v) is 8.40. The summed E-state index contributed by atoms with van der Waals surface area (Å²) in [7, 11) is 0. The van der Waals surface area contributed by atoms with Gasteiger partial charge >= 0.3 is 0 Å². The van der Waals surface area contributed by atoms with E-state index in [2.05, 4.69) is 26.1 Å². The van der Waals surface area contributed by atoms with Crippen molar-refractivity contribution in [1.29, 1.82) is 0 Å². The third-order valence-electron chi connectivity index (χ3n) is 6.16. The Morgan fingerprint density at radius 2 is 2.03 bits per heavy atom. The van der Waals surface area contributed by atoms with Gasteiger partial charge in [-0.2, -0.15) is 5.10 Å². The van der Waals surface area contributed by atoms with Gasteiger partial charge in [0.1, 0.15) is 11.6 Å². The molecule has 2 aromatic heterocycles. The zero-order valence-electron chi connectivity index (χ0n) is 17.5. The molecule has 0 bridgehead atoms. The number of aromatic amines is 1. The first-order chi connectivity index (χ1) is 15.1. The smallest absolute Gasteiger partial charge is 0.255 e. The maximum Gasteiger partial charge on any atom is 0.255 e. The Morgan fingerprint density at radius 1 is 1.16 bits per heavy atom. The van der Waals surface area contributed by atoms with Crippen molar-refractivity contribution >= 4 is 23.2 Å². The Morgan fingerprint density at radius 3 is 2.81 bits per heavy atom. The maximum absolute atomic E-state index is 12.8. The monoisotopic (exact) mass is 417 g/mol. The van der Waals surface area contributed by atoms with Crippen LogP contribution < -0.4 is 21.7 Å². The van der Waals surface area contributed by atoms with Gasteiger partial charge in [-0.05, 0) is 43.0 Å². The lowest BCUT2D eigenvalue weighted by atomic mass is 9.90. The van der Waals surface area contributed by atoms with Gasteiger partial charge in [-0.3, -0.25) is 9.89 Å². The van der Waals surface area contributed by atoms with Crippen LogP contribution in [0.15, 0.2) is 36.7 Å². The van der Waals surface area contributed by atoms with Gasteiger partial charge in [0.05, 0.1) is 11.8 Å². The van der Waals surface area contributed by atoms with E-state index in [1.165, 1.54) is 0 Å². The molecule has 1 aliphatic heterocycles. The molecular formula is C23H27N7O. The van der Waals surface area contributed by atoms with Crippen molar-refractivity contribution in [3.8, 4) is 11.1 Å². The van der Waals surface area contributed by atoms with E-state index < -0.39 is 0 Å². The summed E-state index contributed by atoms with van der Waals surface area (Å²) in [5.41, 5.74) is 11.7. The van der Waals surface area contributed by atoms with Gasteiger partial charge in [-0.1, -0.05) is 25.0 Å². The summed E-state index contributed by atoms with van der Waals surface area (Å²) in [5.74, 6) is 1.16. The summed E-state index contributed by atoms with van der Waals surface area (Å²) < 4.78 is 0. The summed E-state index contributed by atoms with van der Waals surface area (Å²) >= 11 is 0. The molecule has 3 aromatic rings. The highest BCUT2D eigenvalue weighted by molar-refractivity contribution is 6.06. The normalized spacial score (nSPS) is 20.3. The number of carbonyl (C=O) groups excluding carboxylic acids is 1. The first-order valence-electron chi connectivity index (χ1n) is 10.8. The second-order valence-electron chi connectivity index (χ2n) is 8.40. The van der Waals surface area contributed by atoms with E-state index in [0.29, 0.717) is 17.9 Å². The minimum atomic E-state index is -0.122. The molecule has 8 heteroatoms. The number of carbonyl (C=O) groups is 1. The Labute approximate surface area is 181 Å². The second kappa shape index (κ2) is 8.03. The van der Waals surface area contributed by atoms with E-state index in [1.54, 1.807) is 6.20 Å². The van der Waals surface area contributed by atoms with E-state index >= 15 is 0 Å². The SMILES string of the molecule is Cc1cccc(Nc2nc(N[C@@H]3CCCC[C@@H]3N)c(-c3cn[nH]c3)c3c2C(=O)NC3)c1. The number of rotatable bonds is 5. The van der Waals surface area contributed by atoms with Crippen LogP contribution in [-0.2, 0) is 6.54 Å². The molecule has 1 fully saturated rings. The van der Waals surface area contributed by atoms with Crippen molar-refractivity contribution in [1.82, 2.24) is 20.5 Å². The van der Waals surface area contributed by atoms with E-state index in [9.17, 15) is 4.79 Å². The first kappa shape index (κ1) is 19.6. The molecule has 1 amide bonds. The molecule has 6 N–H and O–H groups in total. The summed E-state index contributed by atoms with van der Waals surface area (Å²) in [4.78, 5) is 17.7. The predicted molar refractivity (Wildman–Crippen MR) is 121 cm³/mol. The number of fused-ring (bicyclic) bond motifs is 1. The van der Waals surface area contributed by atoms with Gasteiger partial charge in [0.2, 0.25) is 0 Å². The van der Waals surface area contributed by atoms with Gasteiger partial charge < -0.3 is 21.7 Å². The highest BCUT2D eigenvalue weighted by atomic mass is 16.1. The van der Waals surface area contributed by atoms with Crippen LogP contribution in [0, 0.1) is 6.92 Å². The number of pyridine rings is 1. The van der Waals surface area contributed by atoms with Crippen LogP contribution in [0.4, 0.5) is 17.3 Å². The van der Waals surface area contributed by atoms with Crippen molar-refractivity contribution < 1.29 is 4.79 Å². The molecule has 1 aliphatic carbocycles. The van der Waals surface area contributed by atoms with Crippen molar-refractivity contribution in [2.24, 2.45) is 5.73 Å². The van der Waals surface area contributed by atoms with Crippen LogP contribution in [0.2, 0.25) is 0 Å². The Balaban J connectivity index is 1.63. The molecular weight excluding hydrogens is 390 g/mol. The number of nitrogens with one attached hydrogen (secondary N) is 4. The number of aromatic nitrogens is 3. The Bertz CT molecular complexity index is 1110. The zero-order chi connectivity index (χ0) is 21.4. The average Bonchev–Trinajstić information content (AvgIpc) is 3.40. The molecule has 31 heavy (non-hydrogen) atoms. The number of H-pyrrole nitrogens is 1. The summed E-state index contributed by atoms with van der Waals surface area (Å²) in [6, 6.07) is 8.25. The third-order valence-corrected chi connectivity index (χ3v) is 6.16. The van der Waals surface area contributed by atoms with E-state index in [4.69, 9.17) is 10.7 Å². The molecule has 0 saturated heterocycles. The van der Waals surface area contributed by atoms with Crippen LogP contribution >= 0.6 is 0 Å². The lowest BCUT2D eigenvalue weighted by Gasteiger charge is -2.31. The topological polar surface area (TPSA) is 121 Å². The molecule has 0 radical (unpaired) electrons. The molecule has 2 aliphatic rings. The molecule has 0 spiro atoms. The number of hydrogen-bond donors (Lipinski definition) is 5. The lowest BCUT2D eigenvalue weighted by molar-refractivity contribution is 0.0966. The predicted octanol–water partition coefficient (Wildman–Crippen LogP) is 3.45. The number of aryl methyl sites for hydroxylation is 1. The van der Waals surface area contributed by atoms with Crippen LogP contribution in [0.3, 0.4) is 0 Å². The van der Waals surface area contributed by atoms with Gasteiger partial charge in [0.25, 0.3) is 5.91 Å². The molecule has 3 heterocycles. The molecule has 1 aromatic carbocycles. The van der Waals surface area contributed by atoms with Gasteiger partial charge in [0, 0.05) is 41.6 Å².